The van der Waals surface area contributed by atoms with Crippen LogP contribution < -0.4 is 4.90 Å². The molecule has 0 spiro atoms. The van der Waals surface area contributed by atoms with Crippen molar-refractivity contribution in [3.8, 4) is 6.07 Å². The molecule has 6 heteroatoms. The minimum atomic E-state index is -0.692. The molecule has 1 aliphatic rings. The number of anilines is 1. The van der Waals surface area contributed by atoms with Gasteiger partial charge in [-0.15, -0.1) is 0 Å². The van der Waals surface area contributed by atoms with Gasteiger partial charge in [0.1, 0.15) is 5.69 Å². The highest BCUT2D eigenvalue weighted by atomic mass is 16.6. The Hall–Kier alpha value is -2.13. The highest BCUT2D eigenvalue weighted by molar-refractivity contribution is 5.65. The van der Waals surface area contributed by atoms with E-state index in [0.29, 0.717) is 43.6 Å². The van der Waals surface area contributed by atoms with Crippen molar-refractivity contribution in [1.82, 2.24) is 0 Å². The van der Waals surface area contributed by atoms with Crippen LogP contribution in [0.25, 0.3) is 0 Å². The maximum absolute atomic E-state index is 11.8. The number of nitriles is 1. The van der Waals surface area contributed by atoms with E-state index >= 15 is 0 Å². The van der Waals surface area contributed by atoms with E-state index in [2.05, 4.69) is 38.7 Å². The van der Waals surface area contributed by atoms with Crippen LogP contribution in [0.4, 0.5) is 11.4 Å². The van der Waals surface area contributed by atoms with E-state index in [-0.39, 0.29) is 10.6 Å². The van der Waals surface area contributed by atoms with Crippen molar-refractivity contribution in [2.24, 2.45) is 11.8 Å². The average Bonchev–Trinajstić information content (AvgIpc) is 2.60. The largest absolute Gasteiger partial charge is 0.381 e. The van der Waals surface area contributed by atoms with Gasteiger partial charge in [0.05, 0.1) is 16.4 Å². The molecule has 0 unspecified atom stereocenters. The standard InChI is InChI=1S/C20H29N3O3/c1-15(2)12-22(13-16(3)4)18-6-5-17(11-19(18)23(24)25)20(14-21)7-9-26-10-8-20/h5-6,11,15-16H,7-10,12-13H2,1-4H3. The third-order valence-corrected chi connectivity index (χ3v) is 4.80. The fourth-order valence-corrected chi connectivity index (χ4v) is 3.57. The van der Waals surface area contributed by atoms with Gasteiger partial charge in [0.2, 0.25) is 0 Å². The van der Waals surface area contributed by atoms with Crippen molar-refractivity contribution in [1.29, 1.82) is 5.26 Å². The minimum absolute atomic E-state index is 0.0879. The second kappa shape index (κ2) is 8.50. The van der Waals surface area contributed by atoms with E-state index in [9.17, 15) is 15.4 Å². The Morgan fingerprint density at radius 2 is 1.81 bits per heavy atom. The quantitative estimate of drug-likeness (QED) is 0.536. The first-order valence-corrected chi connectivity index (χ1v) is 9.32. The number of ether oxygens (including phenoxy) is 1. The molecule has 2 rings (SSSR count). The molecule has 0 amide bonds. The lowest BCUT2D eigenvalue weighted by Gasteiger charge is -2.32. The van der Waals surface area contributed by atoms with Crippen LogP contribution in [-0.4, -0.2) is 31.2 Å². The molecule has 6 nitrogen and oxygen atoms in total. The summed E-state index contributed by atoms with van der Waals surface area (Å²) in [6.45, 7) is 11.0. The molecule has 0 atom stereocenters. The van der Waals surface area contributed by atoms with Crippen LogP contribution in [-0.2, 0) is 10.2 Å². The summed E-state index contributed by atoms with van der Waals surface area (Å²) in [5.74, 6) is 0.794. The number of nitrogens with zero attached hydrogens (tertiary/aromatic N) is 3. The van der Waals surface area contributed by atoms with Gasteiger partial charge in [0.15, 0.2) is 0 Å². The van der Waals surface area contributed by atoms with Crippen LogP contribution in [0.3, 0.4) is 0 Å². The molecule has 0 N–H and O–H groups in total. The molecule has 0 aliphatic carbocycles. The summed E-state index contributed by atoms with van der Waals surface area (Å²) < 4.78 is 5.38. The normalized spacial score (nSPS) is 16.5. The number of nitro benzene ring substituents is 1. The van der Waals surface area contributed by atoms with E-state index in [1.54, 1.807) is 6.07 Å². The zero-order chi connectivity index (χ0) is 19.3. The molecule has 1 fully saturated rings. The number of nitro groups is 1. The smallest absolute Gasteiger partial charge is 0.292 e. The number of benzene rings is 1. The molecule has 1 aromatic rings. The molecule has 1 heterocycles. The Bertz CT molecular complexity index is 663. The monoisotopic (exact) mass is 359 g/mol. The van der Waals surface area contributed by atoms with Crippen LogP contribution in [0.15, 0.2) is 18.2 Å². The van der Waals surface area contributed by atoms with Gasteiger partial charge in [-0.05, 0) is 36.3 Å². The summed E-state index contributed by atoms with van der Waals surface area (Å²) in [7, 11) is 0. The second-order valence-corrected chi connectivity index (χ2v) is 7.96. The number of rotatable bonds is 7. The van der Waals surface area contributed by atoms with Crippen molar-refractivity contribution < 1.29 is 9.66 Å². The maximum Gasteiger partial charge on any atom is 0.292 e. The SMILES string of the molecule is CC(C)CN(CC(C)C)c1ccc(C2(C#N)CCOCC2)cc1[N+](=O)[O-]. The lowest BCUT2D eigenvalue weighted by Crippen LogP contribution is -2.33. The van der Waals surface area contributed by atoms with Gasteiger partial charge in [-0.1, -0.05) is 33.8 Å². The van der Waals surface area contributed by atoms with Gasteiger partial charge >= 0.3 is 0 Å². The Balaban J connectivity index is 2.48. The van der Waals surface area contributed by atoms with Crippen molar-refractivity contribution in [3.63, 3.8) is 0 Å². The van der Waals surface area contributed by atoms with Crippen molar-refractivity contribution >= 4 is 11.4 Å². The van der Waals surface area contributed by atoms with Gasteiger partial charge in [-0.2, -0.15) is 5.26 Å². The Morgan fingerprint density at radius 3 is 2.27 bits per heavy atom. The van der Waals surface area contributed by atoms with Crippen LogP contribution >= 0.6 is 0 Å². The fourth-order valence-electron chi connectivity index (χ4n) is 3.57. The van der Waals surface area contributed by atoms with Crippen molar-refractivity contribution in [3.05, 3.63) is 33.9 Å². The Morgan fingerprint density at radius 1 is 1.23 bits per heavy atom. The minimum Gasteiger partial charge on any atom is -0.381 e. The highest BCUT2D eigenvalue weighted by Crippen LogP contribution is 2.39. The number of hydrogen-bond acceptors (Lipinski definition) is 5. The third-order valence-electron chi connectivity index (χ3n) is 4.80. The maximum atomic E-state index is 11.8. The highest BCUT2D eigenvalue weighted by Gasteiger charge is 2.36. The zero-order valence-corrected chi connectivity index (χ0v) is 16.2. The third kappa shape index (κ3) is 4.53. The van der Waals surface area contributed by atoms with E-state index in [4.69, 9.17) is 4.74 Å². The topological polar surface area (TPSA) is 79.4 Å². The van der Waals surface area contributed by atoms with Crippen molar-refractivity contribution in [2.45, 2.75) is 46.0 Å². The molecule has 0 aromatic heterocycles. The van der Waals surface area contributed by atoms with E-state index in [0.717, 1.165) is 18.7 Å². The van der Waals surface area contributed by atoms with Crippen LogP contribution in [0.2, 0.25) is 0 Å². The predicted octanol–water partition coefficient (Wildman–Crippen LogP) is 4.28. The summed E-state index contributed by atoms with van der Waals surface area (Å²) >= 11 is 0. The molecule has 0 radical (unpaired) electrons. The van der Waals surface area contributed by atoms with Crippen LogP contribution in [0.5, 0.6) is 0 Å². The molecular weight excluding hydrogens is 330 g/mol. The summed E-state index contributed by atoms with van der Waals surface area (Å²) in [6.07, 6.45) is 1.14. The van der Waals surface area contributed by atoms with E-state index in [1.165, 1.54) is 0 Å². The molecule has 1 saturated heterocycles. The first-order valence-electron chi connectivity index (χ1n) is 9.32. The molecule has 142 valence electrons. The summed E-state index contributed by atoms with van der Waals surface area (Å²) in [6, 6.07) is 7.72. The van der Waals surface area contributed by atoms with Gasteiger partial charge in [0.25, 0.3) is 5.69 Å². The molecule has 26 heavy (non-hydrogen) atoms. The lowest BCUT2D eigenvalue weighted by molar-refractivity contribution is -0.384. The Labute approximate surface area is 155 Å². The number of hydrogen-bond donors (Lipinski definition) is 0. The second-order valence-electron chi connectivity index (χ2n) is 7.96. The molecular formula is C20H29N3O3. The van der Waals surface area contributed by atoms with Gasteiger partial charge < -0.3 is 9.64 Å². The first kappa shape index (κ1) is 20.2. The van der Waals surface area contributed by atoms with Crippen LogP contribution in [0, 0.1) is 33.3 Å². The molecule has 1 aliphatic heterocycles. The summed E-state index contributed by atoms with van der Waals surface area (Å²) in [4.78, 5) is 13.6. The fraction of sp³-hybridized carbons (Fsp3) is 0.650. The van der Waals surface area contributed by atoms with Crippen molar-refractivity contribution in [2.75, 3.05) is 31.2 Å². The molecule has 0 saturated carbocycles. The average molecular weight is 359 g/mol. The van der Waals surface area contributed by atoms with Gasteiger partial charge in [-0.25, -0.2) is 0 Å². The van der Waals surface area contributed by atoms with E-state index in [1.807, 2.05) is 12.1 Å². The molecule has 0 bridgehead atoms. The van der Waals surface area contributed by atoms with Crippen LogP contribution in [0.1, 0.15) is 46.1 Å². The predicted molar refractivity (Wildman–Crippen MR) is 102 cm³/mol. The zero-order valence-electron chi connectivity index (χ0n) is 16.2. The van der Waals surface area contributed by atoms with E-state index < -0.39 is 5.41 Å². The van der Waals surface area contributed by atoms with Gasteiger partial charge in [0, 0.05) is 32.4 Å². The summed E-state index contributed by atoms with van der Waals surface area (Å²) in [5, 5.41) is 21.6. The first-order chi connectivity index (χ1) is 12.3. The Kier molecular flexibility index (Phi) is 6.60. The lowest BCUT2D eigenvalue weighted by atomic mass is 9.75. The molecule has 1 aromatic carbocycles. The van der Waals surface area contributed by atoms with Gasteiger partial charge in [-0.3, -0.25) is 10.1 Å². The summed E-state index contributed by atoms with van der Waals surface area (Å²) in [5.41, 5.74) is 0.765.